The second-order valence-electron chi connectivity index (χ2n) is 11.1. The lowest BCUT2D eigenvalue weighted by molar-refractivity contribution is -0.133. The number of carbonyl (C=O) groups is 3. The lowest BCUT2D eigenvalue weighted by atomic mass is 9.87. The van der Waals surface area contributed by atoms with Crippen LogP contribution in [0.3, 0.4) is 0 Å². The maximum Gasteiger partial charge on any atom is 0.416 e. The first-order valence-corrected chi connectivity index (χ1v) is 12.3. The Hall–Kier alpha value is -3.49. The fraction of sp³-hybridized carbons (Fsp3) is 0.464. The molecule has 2 aliphatic rings. The van der Waals surface area contributed by atoms with E-state index in [4.69, 9.17) is 9.47 Å². The second-order valence-corrected chi connectivity index (χ2v) is 11.1. The predicted octanol–water partition coefficient (Wildman–Crippen LogP) is 5.33. The Bertz CT molecular complexity index is 1180. The number of nitrogens with zero attached hydrogens (tertiary/aromatic N) is 1. The molecule has 0 unspecified atom stereocenters. The summed E-state index contributed by atoms with van der Waals surface area (Å²) in [5.41, 5.74) is -0.581. The number of ether oxygens (including phenoxy) is 2. The van der Waals surface area contributed by atoms with Gasteiger partial charge in [0.05, 0.1) is 6.04 Å². The summed E-state index contributed by atoms with van der Waals surface area (Å²) in [7, 11) is 0. The maximum absolute atomic E-state index is 14.9. The van der Waals surface area contributed by atoms with Gasteiger partial charge in [0.25, 0.3) is 0 Å². The number of alkyl carbamates (subject to hydrolysis) is 1. The van der Waals surface area contributed by atoms with Crippen LogP contribution in [-0.2, 0) is 20.7 Å². The van der Waals surface area contributed by atoms with Gasteiger partial charge in [-0.2, -0.15) is 0 Å². The number of carbonyl (C=O) groups excluding carboxylic acids is 3. The van der Waals surface area contributed by atoms with Crippen LogP contribution in [0.15, 0.2) is 48.5 Å². The van der Waals surface area contributed by atoms with E-state index in [0.717, 1.165) is 22.6 Å². The van der Waals surface area contributed by atoms with Gasteiger partial charge < -0.3 is 14.8 Å². The third-order valence-corrected chi connectivity index (χ3v) is 6.82. The van der Waals surface area contributed by atoms with Crippen LogP contribution in [0.4, 0.5) is 18.4 Å². The maximum atomic E-state index is 14.9. The molecule has 7 nitrogen and oxygen atoms in total. The van der Waals surface area contributed by atoms with Crippen LogP contribution >= 0.6 is 0 Å². The Morgan fingerprint density at radius 2 is 1.84 bits per heavy atom. The number of rotatable bonds is 5. The molecule has 0 aromatic heterocycles. The third kappa shape index (κ3) is 6.09. The highest BCUT2D eigenvalue weighted by Gasteiger charge is 2.52. The minimum atomic E-state index is -0.938. The van der Waals surface area contributed by atoms with Gasteiger partial charge in [-0.25, -0.2) is 23.3 Å². The smallest absolute Gasteiger partial charge is 0.416 e. The van der Waals surface area contributed by atoms with Crippen molar-refractivity contribution in [3.63, 3.8) is 0 Å². The molecule has 37 heavy (non-hydrogen) atoms. The van der Waals surface area contributed by atoms with Crippen molar-refractivity contribution in [2.75, 3.05) is 6.61 Å². The standard InChI is InChI=1S/C28H32F2N2O5/c1-27(2,3)37-25(34)31-28(4)14-21(20-11-10-18(29)13-23(20)30)22(15-28)24(33)32-19(16-36-26(32)35)12-17-8-6-5-7-9-17/h5-11,13,19,21-22H,12,14-16H2,1-4H3,(H,31,34)/t19-,21-,22+,28+/m0/s1. The molecule has 1 saturated carbocycles. The van der Waals surface area contributed by atoms with E-state index >= 15 is 0 Å². The van der Waals surface area contributed by atoms with Gasteiger partial charge in [-0.05, 0) is 64.2 Å². The number of hydrogen-bond donors (Lipinski definition) is 1. The Balaban J connectivity index is 1.64. The lowest BCUT2D eigenvalue weighted by Crippen LogP contribution is -2.47. The summed E-state index contributed by atoms with van der Waals surface area (Å²) >= 11 is 0. The van der Waals surface area contributed by atoms with Gasteiger partial charge in [0, 0.05) is 23.4 Å². The first-order chi connectivity index (χ1) is 17.3. The van der Waals surface area contributed by atoms with Crippen molar-refractivity contribution in [1.29, 1.82) is 0 Å². The van der Waals surface area contributed by atoms with E-state index in [1.165, 1.54) is 6.07 Å². The van der Waals surface area contributed by atoms with Crippen LogP contribution in [0, 0.1) is 17.6 Å². The molecular weight excluding hydrogens is 482 g/mol. The number of halogens is 2. The Labute approximate surface area is 215 Å². The summed E-state index contributed by atoms with van der Waals surface area (Å²) in [6, 6.07) is 12.1. The van der Waals surface area contributed by atoms with Crippen LogP contribution in [0.2, 0.25) is 0 Å². The Morgan fingerprint density at radius 1 is 1.14 bits per heavy atom. The van der Waals surface area contributed by atoms with Crippen molar-refractivity contribution in [2.24, 2.45) is 5.92 Å². The van der Waals surface area contributed by atoms with Crippen LogP contribution in [-0.4, -0.2) is 46.8 Å². The van der Waals surface area contributed by atoms with Gasteiger partial charge in [-0.3, -0.25) is 4.79 Å². The molecule has 0 bridgehead atoms. The number of nitrogens with one attached hydrogen (secondary N) is 1. The largest absolute Gasteiger partial charge is 0.447 e. The molecule has 1 saturated heterocycles. The Morgan fingerprint density at radius 3 is 2.49 bits per heavy atom. The number of benzene rings is 2. The second kappa shape index (κ2) is 10.1. The molecule has 1 aliphatic carbocycles. The molecule has 1 aliphatic heterocycles. The summed E-state index contributed by atoms with van der Waals surface area (Å²) in [6.07, 6.45) is -0.679. The summed E-state index contributed by atoms with van der Waals surface area (Å²) < 4.78 is 39.2. The van der Waals surface area contributed by atoms with Crippen LogP contribution < -0.4 is 5.32 Å². The van der Waals surface area contributed by atoms with E-state index in [1.54, 1.807) is 27.7 Å². The summed E-state index contributed by atoms with van der Waals surface area (Å²) in [4.78, 5) is 40.3. The highest BCUT2D eigenvalue weighted by molar-refractivity contribution is 5.95. The molecule has 1 heterocycles. The molecule has 4 rings (SSSR count). The van der Waals surface area contributed by atoms with E-state index in [0.29, 0.717) is 6.42 Å². The Kier molecular flexibility index (Phi) is 7.26. The lowest BCUT2D eigenvalue weighted by Gasteiger charge is -2.29. The summed E-state index contributed by atoms with van der Waals surface area (Å²) in [5.74, 6) is -3.59. The molecule has 0 radical (unpaired) electrons. The number of hydrogen-bond acceptors (Lipinski definition) is 5. The quantitative estimate of drug-likeness (QED) is 0.583. The number of amides is 3. The summed E-state index contributed by atoms with van der Waals surface area (Å²) in [6.45, 7) is 7.01. The minimum Gasteiger partial charge on any atom is -0.447 e. The average molecular weight is 515 g/mol. The highest BCUT2D eigenvalue weighted by Crippen LogP contribution is 2.47. The van der Waals surface area contributed by atoms with E-state index in [9.17, 15) is 23.2 Å². The molecule has 198 valence electrons. The normalized spacial score (nSPS) is 25.6. The summed E-state index contributed by atoms with van der Waals surface area (Å²) in [5, 5.41) is 2.84. The third-order valence-electron chi connectivity index (χ3n) is 6.82. The van der Waals surface area contributed by atoms with E-state index in [-0.39, 0.29) is 25.0 Å². The SMILES string of the molecule is CC(C)(C)OC(=O)N[C@@]1(C)C[C@@H](C(=O)N2C(=O)OC[C@@H]2Cc2ccccc2)[C@H](c2ccc(F)cc2F)C1. The molecule has 3 amide bonds. The molecule has 4 atom stereocenters. The first-order valence-electron chi connectivity index (χ1n) is 12.3. The van der Waals surface area contributed by atoms with E-state index in [2.05, 4.69) is 5.32 Å². The topological polar surface area (TPSA) is 84.9 Å². The number of cyclic esters (lactones) is 1. The van der Waals surface area contributed by atoms with Gasteiger partial charge >= 0.3 is 12.2 Å². The first kappa shape index (κ1) is 26.6. The highest BCUT2D eigenvalue weighted by atomic mass is 19.1. The van der Waals surface area contributed by atoms with Gasteiger partial charge in [-0.15, -0.1) is 0 Å². The van der Waals surface area contributed by atoms with Crippen molar-refractivity contribution in [3.8, 4) is 0 Å². The van der Waals surface area contributed by atoms with Crippen LogP contribution in [0.1, 0.15) is 57.6 Å². The average Bonchev–Trinajstić information content (AvgIpc) is 3.32. The molecule has 2 aromatic carbocycles. The zero-order chi connectivity index (χ0) is 27.0. The van der Waals surface area contributed by atoms with Crippen molar-refractivity contribution in [3.05, 3.63) is 71.3 Å². The fourth-order valence-electron chi connectivity index (χ4n) is 5.32. The molecule has 1 N–H and O–H groups in total. The van der Waals surface area contributed by atoms with Gasteiger partial charge in [0.15, 0.2) is 0 Å². The van der Waals surface area contributed by atoms with Crippen LogP contribution in [0.5, 0.6) is 0 Å². The van der Waals surface area contributed by atoms with Gasteiger partial charge in [-0.1, -0.05) is 36.4 Å². The number of imide groups is 1. The van der Waals surface area contributed by atoms with Crippen molar-refractivity contribution in [1.82, 2.24) is 10.2 Å². The molecule has 2 aromatic rings. The minimum absolute atomic E-state index is 0.0508. The van der Waals surface area contributed by atoms with E-state index in [1.807, 2.05) is 30.3 Å². The molecule has 0 spiro atoms. The van der Waals surface area contributed by atoms with Crippen molar-refractivity contribution in [2.45, 2.75) is 70.1 Å². The van der Waals surface area contributed by atoms with Gasteiger partial charge in [0.2, 0.25) is 5.91 Å². The van der Waals surface area contributed by atoms with Crippen molar-refractivity contribution >= 4 is 18.1 Å². The van der Waals surface area contributed by atoms with E-state index < -0.39 is 58.7 Å². The van der Waals surface area contributed by atoms with Crippen molar-refractivity contribution < 1.29 is 32.6 Å². The fourth-order valence-corrected chi connectivity index (χ4v) is 5.32. The zero-order valence-electron chi connectivity index (χ0n) is 21.4. The molecular formula is C28H32F2N2O5. The molecule has 2 fully saturated rings. The zero-order valence-corrected chi connectivity index (χ0v) is 21.4. The van der Waals surface area contributed by atoms with Gasteiger partial charge in [0.1, 0.15) is 23.8 Å². The van der Waals surface area contributed by atoms with Crippen LogP contribution in [0.25, 0.3) is 0 Å². The predicted molar refractivity (Wildman–Crippen MR) is 132 cm³/mol. The molecule has 9 heteroatoms. The monoisotopic (exact) mass is 514 g/mol.